The van der Waals surface area contributed by atoms with Crippen molar-refractivity contribution >= 4 is 19.2 Å². The van der Waals surface area contributed by atoms with E-state index in [9.17, 15) is 9.36 Å². The van der Waals surface area contributed by atoms with E-state index in [2.05, 4.69) is 10.5 Å². The Balaban J connectivity index is 2.74. The van der Waals surface area contributed by atoms with Crippen molar-refractivity contribution in [3.63, 3.8) is 0 Å². The van der Waals surface area contributed by atoms with Crippen LogP contribution in [-0.4, -0.2) is 31.0 Å². The fraction of sp³-hybridized carbons (Fsp3) is 0.467. The Morgan fingerprint density at radius 2 is 1.77 bits per heavy atom. The third-order valence-electron chi connectivity index (χ3n) is 3.29. The second kappa shape index (κ2) is 7.68. The Bertz CT molecular complexity index is 576. The first-order chi connectivity index (χ1) is 10.3. The molecule has 0 aliphatic carbocycles. The SMILES string of the molecule is COP(=O)(OC)C(C)(C)C/C(C)=N/NC(=O)c1ccccc1. The number of carbonyl (C=O) groups excluding carboxylic acids is 1. The topological polar surface area (TPSA) is 77.0 Å². The van der Waals surface area contributed by atoms with Crippen LogP contribution in [0.3, 0.4) is 0 Å². The Hall–Kier alpha value is -1.49. The molecule has 0 aliphatic rings. The van der Waals surface area contributed by atoms with Crippen molar-refractivity contribution in [2.45, 2.75) is 32.3 Å². The van der Waals surface area contributed by atoms with Gasteiger partial charge in [0.2, 0.25) is 0 Å². The van der Waals surface area contributed by atoms with Gasteiger partial charge in [-0.25, -0.2) is 5.43 Å². The summed E-state index contributed by atoms with van der Waals surface area (Å²) in [5.74, 6) is -0.292. The summed E-state index contributed by atoms with van der Waals surface area (Å²) in [6.07, 6.45) is 0.362. The highest BCUT2D eigenvalue weighted by Gasteiger charge is 2.42. The van der Waals surface area contributed by atoms with Gasteiger partial charge in [-0.2, -0.15) is 5.10 Å². The standard InChI is InChI=1S/C15H23N2O4P/c1-12(11-15(2,3)22(19,20-4)21-5)16-17-14(18)13-9-7-6-8-10-13/h6-10H,11H2,1-5H3,(H,17,18)/b16-12+. The Labute approximate surface area is 131 Å². The summed E-state index contributed by atoms with van der Waals surface area (Å²) in [5.41, 5.74) is 3.64. The second-order valence-electron chi connectivity index (χ2n) is 5.51. The molecular weight excluding hydrogens is 303 g/mol. The van der Waals surface area contributed by atoms with E-state index < -0.39 is 12.8 Å². The van der Waals surface area contributed by atoms with E-state index in [0.29, 0.717) is 17.7 Å². The third-order valence-corrected chi connectivity index (χ3v) is 5.90. The number of hydrogen-bond donors (Lipinski definition) is 1. The van der Waals surface area contributed by atoms with Gasteiger partial charge in [-0.1, -0.05) is 18.2 Å². The first-order valence-corrected chi connectivity index (χ1v) is 8.40. The van der Waals surface area contributed by atoms with Crippen LogP contribution in [0.4, 0.5) is 0 Å². The summed E-state index contributed by atoms with van der Waals surface area (Å²) >= 11 is 0. The summed E-state index contributed by atoms with van der Waals surface area (Å²) in [6, 6.07) is 8.80. The highest BCUT2D eigenvalue weighted by molar-refractivity contribution is 7.55. The lowest BCUT2D eigenvalue weighted by molar-refractivity contribution is 0.0954. The fourth-order valence-electron chi connectivity index (χ4n) is 2.13. The van der Waals surface area contributed by atoms with E-state index >= 15 is 0 Å². The number of amides is 1. The number of rotatable bonds is 7. The minimum absolute atomic E-state index is 0.292. The zero-order valence-corrected chi connectivity index (χ0v) is 14.5. The lowest BCUT2D eigenvalue weighted by Gasteiger charge is -2.30. The Morgan fingerprint density at radius 1 is 1.23 bits per heavy atom. The van der Waals surface area contributed by atoms with Crippen molar-refractivity contribution in [1.29, 1.82) is 0 Å². The molecule has 0 saturated heterocycles. The maximum atomic E-state index is 12.5. The molecular formula is C15H23N2O4P. The first kappa shape index (κ1) is 18.6. The number of benzene rings is 1. The lowest BCUT2D eigenvalue weighted by atomic mass is 10.1. The van der Waals surface area contributed by atoms with E-state index in [-0.39, 0.29) is 5.91 Å². The molecule has 0 radical (unpaired) electrons. The molecule has 1 amide bonds. The maximum Gasteiger partial charge on any atom is 0.336 e. The van der Waals surface area contributed by atoms with Gasteiger partial charge in [-0.15, -0.1) is 0 Å². The van der Waals surface area contributed by atoms with Crippen molar-refractivity contribution < 1.29 is 18.4 Å². The summed E-state index contributed by atoms with van der Waals surface area (Å²) in [5, 5.41) is 3.30. The van der Waals surface area contributed by atoms with Crippen molar-refractivity contribution in [1.82, 2.24) is 5.43 Å². The van der Waals surface area contributed by atoms with Gasteiger partial charge in [-0.3, -0.25) is 9.36 Å². The molecule has 0 spiro atoms. The van der Waals surface area contributed by atoms with Crippen LogP contribution in [0.5, 0.6) is 0 Å². The van der Waals surface area contributed by atoms with Crippen molar-refractivity contribution in [3.05, 3.63) is 35.9 Å². The molecule has 1 rings (SSSR count). The molecule has 1 aromatic carbocycles. The van der Waals surface area contributed by atoms with Gasteiger partial charge >= 0.3 is 7.60 Å². The number of nitrogens with one attached hydrogen (secondary N) is 1. The normalized spacial score (nSPS) is 13.0. The van der Waals surface area contributed by atoms with Gasteiger partial charge in [0.15, 0.2) is 0 Å². The number of nitrogens with zero attached hydrogens (tertiary/aromatic N) is 1. The first-order valence-electron chi connectivity index (χ1n) is 6.86. The van der Waals surface area contributed by atoms with Crippen LogP contribution in [0, 0.1) is 0 Å². The third kappa shape index (κ3) is 4.50. The summed E-state index contributed by atoms with van der Waals surface area (Å²) in [7, 11) is -0.523. The Morgan fingerprint density at radius 3 is 2.27 bits per heavy atom. The molecule has 0 bridgehead atoms. The van der Waals surface area contributed by atoms with E-state index in [1.807, 2.05) is 6.07 Å². The van der Waals surface area contributed by atoms with Crippen LogP contribution >= 0.6 is 7.60 Å². The van der Waals surface area contributed by atoms with E-state index in [1.54, 1.807) is 45.0 Å². The molecule has 0 unspecified atom stereocenters. The van der Waals surface area contributed by atoms with Crippen LogP contribution in [0.2, 0.25) is 0 Å². The Kier molecular flexibility index (Phi) is 6.48. The van der Waals surface area contributed by atoms with Crippen LogP contribution in [0.25, 0.3) is 0 Å². The largest absolute Gasteiger partial charge is 0.336 e. The van der Waals surface area contributed by atoms with Gasteiger partial charge < -0.3 is 9.05 Å². The van der Waals surface area contributed by atoms with Crippen molar-refractivity contribution in [2.75, 3.05) is 14.2 Å². The number of hydrogen-bond acceptors (Lipinski definition) is 5. The summed E-state index contributed by atoms with van der Waals surface area (Å²) in [6.45, 7) is 5.31. The van der Waals surface area contributed by atoms with E-state index in [0.717, 1.165) is 0 Å². The fourth-order valence-corrected chi connectivity index (χ4v) is 3.69. The average molecular weight is 326 g/mol. The molecule has 22 heavy (non-hydrogen) atoms. The van der Waals surface area contributed by atoms with Crippen molar-refractivity contribution in [2.24, 2.45) is 5.10 Å². The summed E-state index contributed by atoms with van der Waals surface area (Å²) < 4.78 is 22.6. The molecule has 7 heteroatoms. The van der Waals surface area contributed by atoms with Crippen LogP contribution in [-0.2, 0) is 13.6 Å². The molecule has 0 aromatic heterocycles. The van der Waals surface area contributed by atoms with Gasteiger partial charge in [0.05, 0.1) is 5.16 Å². The highest BCUT2D eigenvalue weighted by atomic mass is 31.2. The van der Waals surface area contributed by atoms with Crippen molar-refractivity contribution in [3.8, 4) is 0 Å². The zero-order chi connectivity index (χ0) is 16.8. The molecule has 6 nitrogen and oxygen atoms in total. The van der Waals surface area contributed by atoms with E-state index in [1.165, 1.54) is 14.2 Å². The lowest BCUT2D eigenvalue weighted by Crippen LogP contribution is -2.27. The molecule has 122 valence electrons. The predicted molar refractivity (Wildman–Crippen MR) is 87.3 cm³/mol. The van der Waals surface area contributed by atoms with Gasteiger partial charge in [0, 0.05) is 31.9 Å². The van der Waals surface area contributed by atoms with Crippen LogP contribution in [0.15, 0.2) is 35.4 Å². The molecule has 1 N–H and O–H groups in total. The minimum atomic E-state index is -3.24. The second-order valence-corrected chi connectivity index (χ2v) is 8.44. The molecule has 0 aliphatic heterocycles. The highest BCUT2D eigenvalue weighted by Crippen LogP contribution is 2.60. The maximum absolute atomic E-state index is 12.5. The molecule has 0 saturated carbocycles. The summed E-state index contributed by atoms with van der Waals surface area (Å²) in [4.78, 5) is 11.9. The van der Waals surface area contributed by atoms with E-state index in [4.69, 9.17) is 9.05 Å². The number of hydrazone groups is 1. The van der Waals surface area contributed by atoms with Crippen LogP contribution in [0.1, 0.15) is 37.6 Å². The monoisotopic (exact) mass is 326 g/mol. The predicted octanol–water partition coefficient (Wildman–Crippen LogP) is 3.45. The molecule has 0 heterocycles. The molecule has 1 aromatic rings. The van der Waals surface area contributed by atoms with Gasteiger partial charge in [0.25, 0.3) is 5.91 Å². The molecule has 0 atom stereocenters. The van der Waals surface area contributed by atoms with Gasteiger partial charge in [-0.05, 0) is 32.9 Å². The smallest absolute Gasteiger partial charge is 0.312 e. The minimum Gasteiger partial charge on any atom is -0.312 e. The zero-order valence-electron chi connectivity index (χ0n) is 13.6. The van der Waals surface area contributed by atoms with Crippen LogP contribution < -0.4 is 5.43 Å². The van der Waals surface area contributed by atoms with Gasteiger partial charge in [0.1, 0.15) is 0 Å². The quantitative estimate of drug-likeness (QED) is 0.473. The average Bonchev–Trinajstić information content (AvgIpc) is 2.51. The molecule has 0 fully saturated rings. The number of carbonyl (C=O) groups is 1.